The number of nitrogens with zero attached hydrogens (tertiary/aromatic N) is 5. The van der Waals surface area contributed by atoms with Gasteiger partial charge >= 0.3 is 0 Å². The minimum Gasteiger partial charge on any atom is -0.497 e. The van der Waals surface area contributed by atoms with Crippen LogP contribution >= 0.6 is 0 Å². The van der Waals surface area contributed by atoms with E-state index in [4.69, 9.17) is 4.74 Å². The topological polar surface area (TPSA) is 88.5 Å². The first-order valence-electron chi connectivity index (χ1n) is 10.6. The highest BCUT2D eigenvalue weighted by molar-refractivity contribution is 6.00. The van der Waals surface area contributed by atoms with Gasteiger partial charge in [0.05, 0.1) is 7.11 Å². The summed E-state index contributed by atoms with van der Waals surface area (Å²) < 4.78 is 5.32. The molecule has 0 radical (unpaired) electrons. The molecule has 8 heteroatoms. The third kappa shape index (κ3) is 3.79. The second-order valence-corrected chi connectivity index (χ2v) is 8.01. The maximum atomic E-state index is 13.1. The van der Waals surface area contributed by atoms with Gasteiger partial charge in [-0.3, -0.25) is 14.5 Å². The predicted octanol–water partition coefficient (Wildman–Crippen LogP) is 2.41. The van der Waals surface area contributed by atoms with Crippen LogP contribution in [0.5, 0.6) is 5.75 Å². The van der Waals surface area contributed by atoms with Gasteiger partial charge < -0.3 is 9.64 Å². The highest BCUT2D eigenvalue weighted by Gasteiger charge is 2.30. The summed E-state index contributed by atoms with van der Waals surface area (Å²) in [6.07, 6.45) is 8.40. The Hall–Kier alpha value is -3.81. The minimum absolute atomic E-state index is 0.00801. The molecule has 0 N–H and O–H groups in total. The van der Waals surface area contributed by atoms with Crippen molar-refractivity contribution in [2.24, 2.45) is 0 Å². The number of rotatable bonds is 4. The lowest BCUT2D eigenvalue weighted by molar-refractivity contribution is -0.132. The lowest BCUT2D eigenvalue weighted by Gasteiger charge is -2.33. The van der Waals surface area contributed by atoms with E-state index in [-0.39, 0.29) is 18.4 Å². The van der Waals surface area contributed by atoms with Crippen molar-refractivity contribution in [3.8, 4) is 16.9 Å². The van der Waals surface area contributed by atoms with Crippen molar-refractivity contribution in [2.75, 3.05) is 25.1 Å². The van der Waals surface area contributed by atoms with Gasteiger partial charge in [-0.05, 0) is 47.7 Å². The summed E-state index contributed by atoms with van der Waals surface area (Å²) in [5.41, 5.74) is 5.03. The molecule has 0 fully saturated rings. The number of carbonyl (C=O) groups excluding carboxylic acids is 2. The van der Waals surface area contributed by atoms with Crippen LogP contribution in [0, 0.1) is 0 Å². The molecule has 5 rings (SSSR count). The van der Waals surface area contributed by atoms with Crippen molar-refractivity contribution in [1.82, 2.24) is 19.9 Å². The van der Waals surface area contributed by atoms with Crippen LogP contribution in [0.1, 0.15) is 23.1 Å². The molecule has 4 heterocycles. The molecule has 2 amide bonds. The summed E-state index contributed by atoms with van der Waals surface area (Å²) in [6.45, 7) is 1.14. The summed E-state index contributed by atoms with van der Waals surface area (Å²) in [5.74, 6) is 1.19. The lowest BCUT2D eigenvalue weighted by atomic mass is 9.99. The Morgan fingerprint density at radius 2 is 1.84 bits per heavy atom. The van der Waals surface area contributed by atoms with Gasteiger partial charge in [0.2, 0.25) is 11.8 Å². The summed E-state index contributed by atoms with van der Waals surface area (Å²) >= 11 is 0. The standard InChI is InChI=1S/C24H23N5O3/c1-32-21-4-2-16-6-7-28(13-19(16)9-21)23(31)14-29-22(30)5-3-17-8-18(12-27-24(17)29)20-10-25-15-26-11-20/h2,4,8-12,15H,3,5-7,13-14H2,1H3. The molecule has 0 saturated heterocycles. The molecule has 1 aromatic carbocycles. The molecule has 0 spiro atoms. The number of hydrogen-bond acceptors (Lipinski definition) is 6. The van der Waals surface area contributed by atoms with E-state index in [0.717, 1.165) is 34.4 Å². The molecular weight excluding hydrogens is 406 g/mol. The third-order valence-electron chi connectivity index (χ3n) is 6.07. The number of anilines is 1. The Morgan fingerprint density at radius 1 is 1.00 bits per heavy atom. The number of benzene rings is 1. The van der Waals surface area contributed by atoms with Gasteiger partial charge in [0.25, 0.3) is 0 Å². The van der Waals surface area contributed by atoms with E-state index < -0.39 is 0 Å². The number of pyridine rings is 1. The van der Waals surface area contributed by atoms with Crippen LogP contribution in [0.2, 0.25) is 0 Å². The van der Waals surface area contributed by atoms with Crippen LogP contribution in [0.4, 0.5) is 5.82 Å². The van der Waals surface area contributed by atoms with Gasteiger partial charge in [-0.1, -0.05) is 6.07 Å². The van der Waals surface area contributed by atoms with Crippen LogP contribution in [0.3, 0.4) is 0 Å². The van der Waals surface area contributed by atoms with E-state index in [0.29, 0.717) is 31.7 Å². The number of fused-ring (bicyclic) bond motifs is 2. The summed E-state index contributed by atoms with van der Waals surface area (Å²) in [6, 6.07) is 7.99. The van der Waals surface area contributed by atoms with E-state index in [1.165, 1.54) is 16.8 Å². The first-order valence-corrected chi connectivity index (χ1v) is 10.6. The predicted molar refractivity (Wildman–Crippen MR) is 118 cm³/mol. The fourth-order valence-electron chi connectivity index (χ4n) is 4.30. The van der Waals surface area contributed by atoms with Crippen LogP contribution in [-0.4, -0.2) is 51.9 Å². The number of aryl methyl sites for hydroxylation is 1. The fraction of sp³-hybridized carbons (Fsp3) is 0.292. The molecule has 32 heavy (non-hydrogen) atoms. The SMILES string of the molecule is COc1ccc2c(c1)CN(C(=O)CN1C(=O)CCc3cc(-c4cncnc4)cnc31)CC2. The number of ether oxygens (including phenoxy) is 1. The Kier molecular flexibility index (Phi) is 5.26. The van der Waals surface area contributed by atoms with E-state index in [1.807, 2.05) is 18.2 Å². The summed E-state index contributed by atoms with van der Waals surface area (Å²) in [4.78, 5) is 41.8. The molecule has 0 saturated carbocycles. The van der Waals surface area contributed by atoms with E-state index >= 15 is 0 Å². The van der Waals surface area contributed by atoms with Crippen molar-refractivity contribution in [3.05, 3.63) is 65.9 Å². The second-order valence-electron chi connectivity index (χ2n) is 8.01. The zero-order chi connectivity index (χ0) is 22.1. The Bertz CT molecular complexity index is 1180. The fourth-order valence-corrected chi connectivity index (χ4v) is 4.30. The van der Waals surface area contributed by atoms with Crippen molar-refractivity contribution < 1.29 is 14.3 Å². The summed E-state index contributed by atoms with van der Waals surface area (Å²) in [5, 5.41) is 0. The van der Waals surface area contributed by atoms with Crippen LogP contribution in [0.25, 0.3) is 11.1 Å². The molecule has 0 atom stereocenters. The number of methoxy groups -OCH3 is 1. The van der Waals surface area contributed by atoms with Crippen LogP contribution in [-0.2, 0) is 29.0 Å². The molecule has 162 valence electrons. The van der Waals surface area contributed by atoms with Gasteiger partial charge in [0.15, 0.2) is 0 Å². The number of hydrogen-bond donors (Lipinski definition) is 0. The largest absolute Gasteiger partial charge is 0.497 e. The van der Waals surface area contributed by atoms with Crippen molar-refractivity contribution in [3.63, 3.8) is 0 Å². The zero-order valence-electron chi connectivity index (χ0n) is 17.8. The molecule has 0 bridgehead atoms. The maximum absolute atomic E-state index is 13.1. The average molecular weight is 429 g/mol. The molecular formula is C24H23N5O3. The number of amides is 2. The Labute approximate surface area is 185 Å². The third-order valence-corrected chi connectivity index (χ3v) is 6.07. The molecule has 0 aliphatic carbocycles. The molecule has 2 aliphatic heterocycles. The molecule has 3 aromatic rings. The van der Waals surface area contributed by atoms with Crippen molar-refractivity contribution in [1.29, 1.82) is 0 Å². The monoisotopic (exact) mass is 429 g/mol. The first-order chi connectivity index (χ1) is 15.6. The quantitative estimate of drug-likeness (QED) is 0.633. The smallest absolute Gasteiger partial charge is 0.243 e. The zero-order valence-corrected chi connectivity index (χ0v) is 17.8. The van der Waals surface area contributed by atoms with Gasteiger partial charge in [-0.25, -0.2) is 15.0 Å². The minimum atomic E-state index is -0.0815. The van der Waals surface area contributed by atoms with Crippen LogP contribution in [0.15, 0.2) is 49.2 Å². The second kappa shape index (κ2) is 8.37. The number of carbonyl (C=O) groups is 2. The number of aromatic nitrogens is 3. The Balaban J connectivity index is 1.35. The van der Waals surface area contributed by atoms with Crippen LogP contribution < -0.4 is 9.64 Å². The normalized spacial score (nSPS) is 15.2. The first kappa shape index (κ1) is 20.1. The highest BCUT2D eigenvalue weighted by atomic mass is 16.5. The van der Waals surface area contributed by atoms with Gasteiger partial charge in [0, 0.05) is 49.2 Å². The summed E-state index contributed by atoms with van der Waals surface area (Å²) in [7, 11) is 1.64. The van der Waals surface area contributed by atoms with E-state index in [9.17, 15) is 9.59 Å². The highest BCUT2D eigenvalue weighted by Crippen LogP contribution is 2.30. The molecule has 2 aromatic heterocycles. The van der Waals surface area contributed by atoms with E-state index in [2.05, 4.69) is 21.0 Å². The van der Waals surface area contributed by atoms with E-state index in [1.54, 1.807) is 30.6 Å². The van der Waals surface area contributed by atoms with Crippen molar-refractivity contribution in [2.45, 2.75) is 25.8 Å². The molecule has 0 unspecified atom stereocenters. The molecule has 2 aliphatic rings. The maximum Gasteiger partial charge on any atom is 0.243 e. The lowest BCUT2D eigenvalue weighted by Crippen LogP contribution is -2.46. The van der Waals surface area contributed by atoms with Gasteiger partial charge in [-0.15, -0.1) is 0 Å². The van der Waals surface area contributed by atoms with Gasteiger partial charge in [0.1, 0.15) is 24.4 Å². The van der Waals surface area contributed by atoms with Gasteiger partial charge in [-0.2, -0.15) is 0 Å². The molecule has 8 nitrogen and oxygen atoms in total. The Morgan fingerprint density at radius 3 is 2.66 bits per heavy atom. The average Bonchev–Trinajstić information content (AvgIpc) is 2.85. The van der Waals surface area contributed by atoms with Crippen molar-refractivity contribution >= 4 is 17.6 Å².